The van der Waals surface area contributed by atoms with E-state index in [1.165, 1.54) is 21.6 Å². The minimum Gasteiger partial charge on any atom is -0.480 e. The van der Waals surface area contributed by atoms with Crippen LogP contribution in [0.15, 0.2) is 24.3 Å². The molecule has 0 bridgehead atoms. The first-order valence-corrected chi connectivity index (χ1v) is 13.3. The van der Waals surface area contributed by atoms with Crippen LogP contribution >= 0.6 is 11.8 Å². The zero-order chi connectivity index (χ0) is 25.8. The number of aliphatic carboxylic acids is 1. The van der Waals surface area contributed by atoms with Crippen molar-refractivity contribution >= 4 is 35.6 Å². The number of carbonyl (C=O) groups is 4. The highest BCUT2D eigenvalue weighted by molar-refractivity contribution is 7.98. The van der Waals surface area contributed by atoms with Crippen LogP contribution < -0.4 is 5.32 Å². The number of fused-ring (bicyclic) bond motifs is 1. The largest absolute Gasteiger partial charge is 0.480 e. The summed E-state index contributed by atoms with van der Waals surface area (Å²) in [6, 6.07) is 4.98. The molecular weight excluding hydrogens is 470 g/mol. The van der Waals surface area contributed by atoms with E-state index in [-0.39, 0.29) is 25.3 Å². The maximum absolute atomic E-state index is 13.8. The van der Waals surface area contributed by atoms with E-state index in [2.05, 4.69) is 5.32 Å². The van der Waals surface area contributed by atoms with Gasteiger partial charge in [0.25, 0.3) is 0 Å². The van der Waals surface area contributed by atoms with Gasteiger partial charge in [-0.15, -0.1) is 0 Å². The molecule has 10 heteroatoms. The normalized spacial score (nSPS) is 20.7. The van der Waals surface area contributed by atoms with Gasteiger partial charge in [0, 0.05) is 19.5 Å². The molecule has 2 heterocycles. The Morgan fingerprint density at radius 3 is 2.46 bits per heavy atom. The Hall–Kier alpha value is -2.75. The SMILES string of the molecule is CSCCC(NC(=O)C1Cc2ccccc2CN1C(=O)[C@@H]1CCCN1C(=O)OC(C)(C)C)C(=O)O. The quantitative estimate of drug-likeness (QED) is 0.585. The zero-order valence-electron chi connectivity index (χ0n) is 20.8. The lowest BCUT2D eigenvalue weighted by atomic mass is 9.92. The number of carboxylic acids is 1. The summed E-state index contributed by atoms with van der Waals surface area (Å²) in [4.78, 5) is 54.6. The van der Waals surface area contributed by atoms with E-state index < -0.39 is 41.7 Å². The highest BCUT2D eigenvalue weighted by atomic mass is 32.2. The number of rotatable bonds is 7. The van der Waals surface area contributed by atoms with Crippen molar-refractivity contribution in [3.05, 3.63) is 35.4 Å². The average Bonchev–Trinajstić information content (AvgIpc) is 3.29. The van der Waals surface area contributed by atoms with Crippen LogP contribution in [0.3, 0.4) is 0 Å². The minimum absolute atomic E-state index is 0.217. The Morgan fingerprint density at radius 2 is 1.83 bits per heavy atom. The Balaban J connectivity index is 1.85. The Kier molecular flexibility index (Phi) is 8.69. The van der Waals surface area contributed by atoms with Gasteiger partial charge in [-0.3, -0.25) is 14.5 Å². The number of hydrogen-bond donors (Lipinski definition) is 2. The standard InChI is InChI=1S/C25H35N3O6S/c1-25(2,3)34-24(33)27-12-7-10-19(27)22(30)28-15-17-9-6-5-8-16(17)14-20(28)21(29)26-18(23(31)32)11-13-35-4/h5-6,8-9,18-20H,7,10-15H2,1-4H3,(H,26,29)(H,31,32)/t18?,19-,20?/m0/s1. The predicted octanol–water partition coefficient (Wildman–Crippen LogP) is 2.66. The third-order valence-corrected chi connectivity index (χ3v) is 6.87. The van der Waals surface area contributed by atoms with Crippen LogP contribution in [0.1, 0.15) is 51.2 Å². The summed E-state index contributed by atoms with van der Waals surface area (Å²) in [5.41, 5.74) is 1.19. The average molecular weight is 506 g/mol. The first-order valence-electron chi connectivity index (χ1n) is 11.9. The van der Waals surface area contributed by atoms with Crippen LogP contribution in [0.25, 0.3) is 0 Å². The number of carbonyl (C=O) groups excluding carboxylic acids is 3. The number of ether oxygens (including phenoxy) is 1. The van der Waals surface area contributed by atoms with Crippen LogP contribution in [-0.4, -0.2) is 81.1 Å². The fourth-order valence-corrected chi connectivity index (χ4v) is 4.98. The van der Waals surface area contributed by atoms with E-state index in [0.29, 0.717) is 25.1 Å². The predicted molar refractivity (Wildman–Crippen MR) is 133 cm³/mol. The van der Waals surface area contributed by atoms with Crippen molar-refractivity contribution in [2.45, 2.75) is 76.7 Å². The van der Waals surface area contributed by atoms with Gasteiger partial charge >= 0.3 is 12.1 Å². The van der Waals surface area contributed by atoms with E-state index in [0.717, 1.165) is 11.1 Å². The Morgan fingerprint density at radius 1 is 1.14 bits per heavy atom. The highest BCUT2D eigenvalue weighted by Gasteiger charge is 2.43. The van der Waals surface area contributed by atoms with Crippen LogP contribution in [0, 0.1) is 0 Å². The summed E-state index contributed by atoms with van der Waals surface area (Å²) in [6.07, 6.45) is 3.03. The number of benzene rings is 1. The Bertz CT molecular complexity index is 963. The first kappa shape index (κ1) is 26.8. The lowest BCUT2D eigenvalue weighted by Crippen LogP contribution is -2.59. The van der Waals surface area contributed by atoms with Gasteiger partial charge in [-0.2, -0.15) is 11.8 Å². The number of hydrogen-bond acceptors (Lipinski definition) is 6. The number of carboxylic acid groups (broad SMARTS) is 1. The van der Waals surface area contributed by atoms with Crippen LogP contribution in [-0.2, 0) is 32.1 Å². The molecular formula is C25H35N3O6S. The summed E-state index contributed by atoms with van der Waals surface area (Å²) in [5.74, 6) is -1.34. The summed E-state index contributed by atoms with van der Waals surface area (Å²) in [6.45, 7) is 5.94. The van der Waals surface area contributed by atoms with Crippen LogP contribution in [0.2, 0.25) is 0 Å². The molecule has 1 saturated heterocycles. The molecule has 192 valence electrons. The van der Waals surface area contributed by atoms with E-state index in [9.17, 15) is 24.3 Å². The third kappa shape index (κ3) is 6.68. The van der Waals surface area contributed by atoms with Crippen molar-refractivity contribution in [3.63, 3.8) is 0 Å². The minimum atomic E-state index is -1.10. The molecule has 9 nitrogen and oxygen atoms in total. The molecule has 2 aliphatic heterocycles. The van der Waals surface area contributed by atoms with Crippen molar-refractivity contribution in [2.24, 2.45) is 0 Å². The van der Waals surface area contributed by atoms with Gasteiger partial charge in [-0.25, -0.2) is 9.59 Å². The molecule has 0 radical (unpaired) electrons. The summed E-state index contributed by atoms with van der Waals surface area (Å²) in [7, 11) is 0. The molecule has 2 N–H and O–H groups in total. The third-order valence-electron chi connectivity index (χ3n) is 6.23. The summed E-state index contributed by atoms with van der Waals surface area (Å²) >= 11 is 1.50. The second-order valence-electron chi connectivity index (χ2n) is 9.97. The van der Waals surface area contributed by atoms with Gasteiger partial charge in [0.05, 0.1) is 0 Å². The molecule has 1 aromatic rings. The maximum Gasteiger partial charge on any atom is 0.410 e. The van der Waals surface area contributed by atoms with Crippen LogP contribution in [0.5, 0.6) is 0 Å². The molecule has 2 aliphatic rings. The smallest absolute Gasteiger partial charge is 0.410 e. The number of amides is 3. The lowest BCUT2D eigenvalue weighted by molar-refractivity contribution is -0.147. The van der Waals surface area contributed by atoms with Gasteiger partial charge in [0.2, 0.25) is 11.8 Å². The molecule has 2 unspecified atom stereocenters. The Labute approximate surface area is 210 Å². The number of likely N-dealkylation sites (tertiary alicyclic amines) is 1. The molecule has 0 aromatic heterocycles. The molecule has 35 heavy (non-hydrogen) atoms. The molecule has 1 fully saturated rings. The molecule has 3 atom stereocenters. The van der Waals surface area contributed by atoms with E-state index in [1.807, 2.05) is 30.5 Å². The fraction of sp³-hybridized carbons (Fsp3) is 0.600. The van der Waals surface area contributed by atoms with E-state index >= 15 is 0 Å². The van der Waals surface area contributed by atoms with E-state index in [4.69, 9.17) is 4.74 Å². The molecule has 0 aliphatic carbocycles. The van der Waals surface area contributed by atoms with Crippen molar-refractivity contribution in [1.82, 2.24) is 15.1 Å². The van der Waals surface area contributed by atoms with Crippen molar-refractivity contribution < 1.29 is 29.0 Å². The van der Waals surface area contributed by atoms with Crippen molar-refractivity contribution in [1.29, 1.82) is 0 Å². The second-order valence-corrected chi connectivity index (χ2v) is 11.0. The number of nitrogens with zero attached hydrogens (tertiary/aromatic N) is 2. The lowest BCUT2D eigenvalue weighted by Gasteiger charge is -2.39. The second kappa shape index (κ2) is 11.3. The van der Waals surface area contributed by atoms with Gasteiger partial charge in [-0.1, -0.05) is 24.3 Å². The fourth-order valence-electron chi connectivity index (χ4n) is 4.50. The highest BCUT2D eigenvalue weighted by Crippen LogP contribution is 2.28. The monoisotopic (exact) mass is 505 g/mol. The molecule has 3 rings (SSSR count). The first-order chi connectivity index (χ1) is 16.5. The van der Waals surface area contributed by atoms with Crippen molar-refractivity contribution in [2.75, 3.05) is 18.6 Å². The van der Waals surface area contributed by atoms with Gasteiger partial charge in [0.15, 0.2) is 0 Å². The topological polar surface area (TPSA) is 116 Å². The molecule has 1 aromatic carbocycles. The number of thioether (sulfide) groups is 1. The van der Waals surface area contributed by atoms with Crippen LogP contribution in [0.4, 0.5) is 4.79 Å². The van der Waals surface area contributed by atoms with Gasteiger partial charge < -0.3 is 20.1 Å². The zero-order valence-corrected chi connectivity index (χ0v) is 21.6. The maximum atomic E-state index is 13.8. The molecule has 0 spiro atoms. The molecule has 0 saturated carbocycles. The van der Waals surface area contributed by atoms with Gasteiger partial charge in [0.1, 0.15) is 23.7 Å². The molecule has 3 amide bonds. The van der Waals surface area contributed by atoms with Gasteiger partial charge in [-0.05, 0) is 63.2 Å². The number of nitrogens with one attached hydrogen (secondary N) is 1. The summed E-state index contributed by atoms with van der Waals surface area (Å²) < 4.78 is 5.51. The summed E-state index contributed by atoms with van der Waals surface area (Å²) in [5, 5.41) is 12.2. The van der Waals surface area contributed by atoms with E-state index in [1.54, 1.807) is 20.8 Å². The van der Waals surface area contributed by atoms with Crippen molar-refractivity contribution in [3.8, 4) is 0 Å².